The number of anilines is 1. The molecule has 2 aromatic heterocycles. The Kier molecular flexibility index (Phi) is 4.50. The third-order valence-corrected chi connectivity index (χ3v) is 3.79. The highest BCUT2D eigenvalue weighted by atomic mass is 16.5. The first kappa shape index (κ1) is 16.0. The molecule has 2 N–H and O–H groups in total. The minimum Gasteiger partial charge on any atom is -0.491 e. The lowest BCUT2D eigenvalue weighted by atomic mass is 10.0. The molecule has 0 saturated heterocycles. The molecule has 0 atom stereocenters. The van der Waals surface area contributed by atoms with Crippen molar-refractivity contribution in [3.05, 3.63) is 46.4 Å². The molecule has 7 nitrogen and oxygen atoms in total. The zero-order chi connectivity index (χ0) is 17.1. The Morgan fingerprint density at radius 2 is 2.12 bits per heavy atom. The molecule has 2 heterocycles. The maximum atomic E-state index is 12.0. The van der Waals surface area contributed by atoms with Crippen LogP contribution in [0.25, 0.3) is 11.0 Å². The topological polar surface area (TPSA) is 84.8 Å². The zero-order valence-corrected chi connectivity index (χ0v) is 14.0. The first-order valence-corrected chi connectivity index (χ1v) is 7.94. The number of rotatable bonds is 6. The Labute approximate surface area is 139 Å². The Balaban J connectivity index is 1.63. The van der Waals surface area contributed by atoms with Crippen LogP contribution in [-0.2, 0) is 7.05 Å². The lowest BCUT2D eigenvalue weighted by molar-refractivity contribution is 0.328. The van der Waals surface area contributed by atoms with Crippen LogP contribution in [0.4, 0.5) is 5.95 Å². The number of H-pyrrole nitrogens is 1. The summed E-state index contributed by atoms with van der Waals surface area (Å²) in [6, 6.07) is 8.02. The summed E-state index contributed by atoms with van der Waals surface area (Å²) in [5.74, 6) is 1.70. The smallest absolute Gasteiger partial charge is 0.263 e. The third kappa shape index (κ3) is 3.24. The van der Waals surface area contributed by atoms with Crippen molar-refractivity contribution >= 4 is 17.0 Å². The summed E-state index contributed by atoms with van der Waals surface area (Å²) in [7, 11) is 1.75. The summed E-state index contributed by atoms with van der Waals surface area (Å²) in [6.07, 6.45) is 1.51. The van der Waals surface area contributed by atoms with Crippen molar-refractivity contribution in [2.45, 2.75) is 19.8 Å². The molecule has 0 aliphatic carbocycles. The van der Waals surface area contributed by atoms with Crippen molar-refractivity contribution in [2.24, 2.45) is 7.05 Å². The first-order valence-electron chi connectivity index (χ1n) is 7.94. The van der Waals surface area contributed by atoms with Crippen molar-refractivity contribution in [1.82, 2.24) is 19.7 Å². The number of aromatic nitrogens is 4. The largest absolute Gasteiger partial charge is 0.491 e. The summed E-state index contributed by atoms with van der Waals surface area (Å²) in [4.78, 5) is 19.0. The highest BCUT2D eigenvalue weighted by Gasteiger charge is 2.08. The second-order valence-corrected chi connectivity index (χ2v) is 5.89. The summed E-state index contributed by atoms with van der Waals surface area (Å²) in [5, 5.41) is 7.60. The number of nitrogens with one attached hydrogen (secondary N) is 2. The number of para-hydroxylation sites is 1. The molecule has 0 fully saturated rings. The molecule has 0 aliphatic heterocycles. The van der Waals surface area contributed by atoms with E-state index in [0.29, 0.717) is 36.1 Å². The predicted octanol–water partition coefficient (Wildman–Crippen LogP) is 2.27. The maximum absolute atomic E-state index is 12.0. The molecular weight excluding hydrogens is 306 g/mol. The molecule has 0 saturated carbocycles. The Hall–Kier alpha value is -2.83. The van der Waals surface area contributed by atoms with E-state index < -0.39 is 0 Å². The summed E-state index contributed by atoms with van der Waals surface area (Å²) < 4.78 is 7.42. The van der Waals surface area contributed by atoms with Crippen LogP contribution in [0, 0.1) is 0 Å². The number of hydrogen-bond acceptors (Lipinski definition) is 5. The average molecular weight is 327 g/mol. The van der Waals surface area contributed by atoms with Crippen LogP contribution in [0.15, 0.2) is 35.3 Å². The maximum Gasteiger partial charge on any atom is 0.263 e. The minimum atomic E-state index is -0.207. The van der Waals surface area contributed by atoms with E-state index in [2.05, 4.69) is 40.3 Å². The first-order chi connectivity index (χ1) is 11.6. The zero-order valence-electron chi connectivity index (χ0n) is 14.0. The van der Waals surface area contributed by atoms with E-state index in [1.807, 2.05) is 18.2 Å². The average Bonchev–Trinajstić information content (AvgIpc) is 2.94. The fourth-order valence-corrected chi connectivity index (χ4v) is 2.54. The van der Waals surface area contributed by atoms with Crippen LogP contribution < -0.4 is 15.6 Å². The van der Waals surface area contributed by atoms with Crippen molar-refractivity contribution < 1.29 is 4.74 Å². The summed E-state index contributed by atoms with van der Waals surface area (Å²) in [6.45, 7) is 5.27. The normalized spacial score (nSPS) is 11.2. The van der Waals surface area contributed by atoms with Crippen molar-refractivity contribution in [3.63, 3.8) is 0 Å². The number of benzene rings is 1. The second kappa shape index (κ2) is 6.74. The molecule has 0 spiro atoms. The molecule has 0 aliphatic rings. The number of nitrogens with zero attached hydrogens (tertiary/aromatic N) is 3. The SMILES string of the molecule is CC(C)c1ccccc1OCCNc1nc2c(cnn2C)c(=O)[nH]1. The molecule has 24 heavy (non-hydrogen) atoms. The molecule has 126 valence electrons. The van der Waals surface area contributed by atoms with E-state index >= 15 is 0 Å². The lowest BCUT2D eigenvalue weighted by Gasteiger charge is -2.14. The van der Waals surface area contributed by atoms with Gasteiger partial charge in [-0.25, -0.2) is 0 Å². The molecule has 0 amide bonds. The number of hydrogen-bond donors (Lipinski definition) is 2. The monoisotopic (exact) mass is 327 g/mol. The lowest BCUT2D eigenvalue weighted by Crippen LogP contribution is -2.18. The van der Waals surface area contributed by atoms with Crippen LogP contribution in [0.2, 0.25) is 0 Å². The van der Waals surface area contributed by atoms with Crippen LogP contribution >= 0.6 is 0 Å². The standard InChI is InChI=1S/C17H21N5O2/c1-11(2)12-6-4-5-7-14(12)24-9-8-18-17-20-15-13(16(23)21-17)10-19-22(15)3/h4-7,10-11H,8-9H2,1-3H3,(H2,18,20,21,23). The van der Waals surface area contributed by atoms with Gasteiger partial charge >= 0.3 is 0 Å². The molecule has 0 radical (unpaired) electrons. The van der Waals surface area contributed by atoms with Crippen molar-refractivity contribution in [3.8, 4) is 5.75 Å². The number of fused-ring (bicyclic) bond motifs is 1. The quantitative estimate of drug-likeness (QED) is 0.679. The van der Waals surface area contributed by atoms with Crippen molar-refractivity contribution in [1.29, 1.82) is 0 Å². The van der Waals surface area contributed by atoms with Crippen LogP contribution in [0.5, 0.6) is 5.75 Å². The van der Waals surface area contributed by atoms with Gasteiger partial charge in [0.1, 0.15) is 17.7 Å². The molecular formula is C17H21N5O2. The van der Waals surface area contributed by atoms with Crippen LogP contribution in [0.1, 0.15) is 25.3 Å². The number of aromatic amines is 1. The Bertz CT molecular complexity index is 897. The number of aryl methyl sites for hydroxylation is 1. The van der Waals surface area contributed by atoms with Crippen LogP contribution in [-0.4, -0.2) is 32.9 Å². The van der Waals surface area contributed by atoms with E-state index in [0.717, 1.165) is 5.75 Å². The Morgan fingerprint density at radius 3 is 2.92 bits per heavy atom. The van der Waals surface area contributed by atoms with Gasteiger partial charge in [0.25, 0.3) is 5.56 Å². The predicted molar refractivity (Wildman–Crippen MR) is 93.6 cm³/mol. The van der Waals surface area contributed by atoms with Gasteiger partial charge < -0.3 is 10.1 Å². The van der Waals surface area contributed by atoms with Gasteiger partial charge in [0, 0.05) is 7.05 Å². The van der Waals surface area contributed by atoms with Crippen molar-refractivity contribution in [2.75, 3.05) is 18.5 Å². The van der Waals surface area contributed by atoms with E-state index in [1.54, 1.807) is 11.7 Å². The second-order valence-electron chi connectivity index (χ2n) is 5.89. The molecule has 7 heteroatoms. The van der Waals surface area contributed by atoms with Gasteiger partial charge in [-0.1, -0.05) is 32.0 Å². The number of ether oxygens (including phenoxy) is 1. The molecule has 0 unspecified atom stereocenters. The highest BCUT2D eigenvalue weighted by molar-refractivity contribution is 5.74. The fourth-order valence-electron chi connectivity index (χ4n) is 2.54. The molecule has 3 aromatic rings. The Morgan fingerprint density at radius 1 is 1.33 bits per heavy atom. The highest BCUT2D eigenvalue weighted by Crippen LogP contribution is 2.25. The van der Waals surface area contributed by atoms with E-state index in [9.17, 15) is 4.79 Å². The third-order valence-electron chi connectivity index (χ3n) is 3.79. The molecule has 1 aromatic carbocycles. The van der Waals surface area contributed by atoms with Gasteiger partial charge in [0.05, 0.1) is 12.7 Å². The molecule has 3 rings (SSSR count). The van der Waals surface area contributed by atoms with Gasteiger partial charge in [-0.15, -0.1) is 0 Å². The molecule has 0 bridgehead atoms. The van der Waals surface area contributed by atoms with Gasteiger partial charge in [-0.3, -0.25) is 14.5 Å². The van der Waals surface area contributed by atoms with Crippen LogP contribution in [0.3, 0.4) is 0 Å². The summed E-state index contributed by atoms with van der Waals surface area (Å²) in [5.41, 5.74) is 1.52. The van der Waals surface area contributed by atoms with E-state index in [4.69, 9.17) is 4.74 Å². The fraction of sp³-hybridized carbons (Fsp3) is 0.353. The van der Waals surface area contributed by atoms with Gasteiger partial charge in [-0.05, 0) is 17.5 Å². The van der Waals surface area contributed by atoms with E-state index in [1.165, 1.54) is 11.8 Å². The summed E-state index contributed by atoms with van der Waals surface area (Å²) >= 11 is 0. The van der Waals surface area contributed by atoms with Gasteiger partial charge in [-0.2, -0.15) is 10.1 Å². The minimum absolute atomic E-state index is 0.207. The van der Waals surface area contributed by atoms with Gasteiger partial charge in [0.15, 0.2) is 5.65 Å². The van der Waals surface area contributed by atoms with Gasteiger partial charge in [0.2, 0.25) is 5.95 Å². The van der Waals surface area contributed by atoms with E-state index in [-0.39, 0.29) is 5.56 Å².